The van der Waals surface area contributed by atoms with Crippen LogP contribution < -0.4 is 10.1 Å². The smallest absolute Gasteiger partial charge is 0.264 e. The van der Waals surface area contributed by atoms with Crippen molar-refractivity contribution in [3.8, 4) is 5.75 Å². The summed E-state index contributed by atoms with van der Waals surface area (Å²) in [6.07, 6.45) is 0. The molecule has 1 aliphatic rings. The van der Waals surface area contributed by atoms with E-state index in [1.807, 2.05) is 19.1 Å². The van der Waals surface area contributed by atoms with Crippen molar-refractivity contribution in [1.82, 2.24) is 15.1 Å². The van der Waals surface area contributed by atoms with Crippen molar-refractivity contribution in [3.63, 3.8) is 0 Å². The molecule has 0 fully saturated rings. The summed E-state index contributed by atoms with van der Waals surface area (Å²) in [6, 6.07) is 14.0. The van der Waals surface area contributed by atoms with Crippen LogP contribution in [-0.4, -0.2) is 39.4 Å². The van der Waals surface area contributed by atoms with Crippen molar-refractivity contribution in [2.45, 2.75) is 13.5 Å². The van der Waals surface area contributed by atoms with Gasteiger partial charge in [0.15, 0.2) is 6.61 Å². The molecule has 0 atom stereocenters. The van der Waals surface area contributed by atoms with Gasteiger partial charge in [0.1, 0.15) is 10.8 Å². The molecule has 0 spiro atoms. The van der Waals surface area contributed by atoms with Gasteiger partial charge in [-0.15, -0.1) is 10.2 Å². The number of hydrogen-bond donors (Lipinski definition) is 1. The van der Waals surface area contributed by atoms with Gasteiger partial charge >= 0.3 is 0 Å². The molecular weight excluding hydrogens is 392 g/mol. The number of ether oxygens (including phenoxy) is 1. The Balaban J connectivity index is 1.34. The lowest BCUT2D eigenvalue weighted by molar-refractivity contribution is -0.118. The fourth-order valence-corrected chi connectivity index (χ4v) is 3.57. The lowest BCUT2D eigenvalue weighted by Crippen LogP contribution is -2.29. The number of aryl methyl sites for hydroxylation is 1. The van der Waals surface area contributed by atoms with Crippen LogP contribution in [0.15, 0.2) is 48.5 Å². The third-order valence-corrected chi connectivity index (χ3v) is 5.10. The van der Waals surface area contributed by atoms with E-state index in [1.54, 1.807) is 36.4 Å². The van der Waals surface area contributed by atoms with Crippen LogP contribution in [0.4, 0.5) is 5.13 Å². The summed E-state index contributed by atoms with van der Waals surface area (Å²) in [5.74, 6) is -0.515. The molecule has 0 saturated carbocycles. The van der Waals surface area contributed by atoms with Crippen molar-refractivity contribution in [2.75, 3.05) is 11.9 Å². The summed E-state index contributed by atoms with van der Waals surface area (Å²) in [4.78, 5) is 38.0. The van der Waals surface area contributed by atoms with Gasteiger partial charge in [-0.3, -0.25) is 24.6 Å². The summed E-state index contributed by atoms with van der Waals surface area (Å²) in [5.41, 5.74) is 1.86. The van der Waals surface area contributed by atoms with E-state index in [-0.39, 0.29) is 36.0 Å². The summed E-state index contributed by atoms with van der Waals surface area (Å²) >= 11 is 1.10. The maximum Gasteiger partial charge on any atom is 0.264 e. The highest BCUT2D eigenvalue weighted by Crippen LogP contribution is 2.26. The topological polar surface area (TPSA) is 101 Å². The van der Waals surface area contributed by atoms with Crippen molar-refractivity contribution in [2.24, 2.45) is 0 Å². The zero-order valence-electron chi connectivity index (χ0n) is 15.4. The minimum Gasteiger partial charge on any atom is -0.484 e. The molecule has 3 amide bonds. The van der Waals surface area contributed by atoms with Gasteiger partial charge in [0, 0.05) is 0 Å². The molecule has 1 aliphatic heterocycles. The molecule has 4 rings (SSSR count). The summed E-state index contributed by atoms with van der Waals surface area (Å²) in [6.45, 7) is 1.79. The predicted octanol–water partition coefficient (Wildman–Crippen LogP) is 2.66. The largest absolute Gasteiger partial charge is 0.484 e. The Bertz CT molecular complexity index is 1060. The van der Waals surface area contributed by atoms with Gasteiger partial charge in [-0.2, -0.15) is 0 Å². The Kier molecular flexibility index (Phi) is 5.05. The number of carbonyl (C=O) groups excluding carboxylic acids is 3. The highest BCUT2D eigenvalue weighted by Gasteiger charge is 2.35. The molecule has 0 unspecified atom stereocenters. The molecule has 0 aliphatic carbocycles. The number of amides is 3. The summed E-state index contributed by atoms with van der Waals surface area (Å²) < 4.78 is 5.42. The van der Waals surface area contributed by atoms with Gasteiger partial charge in [0.25, 0.3) is 17.7 Å². The summed E-state index contributed by atoms with van der Waals surface area (Å²) in [5, 5.41) is 11.2. The molecule has 2 aromatic carbocycles. The van der Waals surface area contributed by atoms with Crippen LogP contribution in [0.2, 0.25) is 0 Å². The third kappa shape index (κ3) is 3.99. The molecule has 1 N–H and O–H groups in total. The van der Waals surface area contributed by atoms with Crippen LogP contribution in [0.5, 0.6) is 5.75 Å². The maximum atomic E-state index is 12.4. The highest BCUT2D eigenvalue weighted by molar-refractivity contribution is 7.15. The Morgan fingerprint density at radius 1 is 1.03 bits per heavy atom. The normalized spacial score (nSPS) is 12.8. The minimum atomic E-state index is -0.381. The Morgan fingerprint density at radius 3 is 2.34 bits per heavy atom. The van der Waals surface area contributed by atoms with E-state index < -0.39 is 0 Å². The second kappa shape index (κ2) is 7.80. The molecule has 0 saturated heterocycles. The van der Waals surface area contributed by atoms with Gasteiger partial charge in [-0.25, -0.2) is 0 Å². The molecule has 0 bridgehead atoms. The van der Waals surface area contributed by atoms with Crippen molar-refractivity contribution in [1.29, 1.82) is 0 Å². The van der Waals surface area contributed by atoms with Gasteiger partial charge < -0.3 is 4.74 Å². The van der Waals surface area contributed by atoms with Crippen LogP contribution in [-0.2, 0) is 11.3 Å². The fourth-order valence-electron chi connectivity index (χ4n) is 2.82. The lowest BCUT2D eigenvalue weighted by atomic mass is 10.1. The lowest BCUT2D eigenvalue weighted by Gasteiger charge is -2.10. The van der Waals surface area contributed by atoms with Crippen molar-refractivity contribution >= 4 is 34.2 Å². The predicted molar refractivity (Wildman–Crippen MR) is 106 cm³/mol. The van der Waals surface area contributed by atoms with Gasteiger partial charge in [-0.1, -0.05) is 41.2 Å². The molecule has 29 heavy (non-hydrogen) atoms. The number of hydrogen-bond acceptors (Lipinski definition) is 7. The van der Waals surface area contributed by atoms with Gasteiger partial charge in [0.2, 0.25) is 5.13 Å². The molecule has 1 aromatic heterocycles. The molecule has 2 heterocycles. The number of carbonyl (C=O) groups is 3. The number of rotatable bonds is 6. The fraction of sp³-hybridized carbons (Fsp3) is 0.150. The van der Waals surface area contributed by atoms with E-state index >= 15 is 0 Å². The Hall–Kier alpha value is -3.59. The number of imide groups is 1. The Morgan fingerprint density at radius 2 is 1.69 bits per heavy atom. The number of benzene rings is 2. The molecule has 146 valence electrons. The average molecular weight is 408 g/mol. The van der Waals surface area contributed by atoms with E-state index in [0.29, 0.717) is 21.9 Å². The van der Waals surface area contributed by atoms with Crippen LogP contribution in [0.25, 0.3) is 0 Å². The highest BCUT2D eigenvalue weighted by atomic mass is 32.1. The zero-order valence-corrected chi connectivity index (χ0v) is 16.2. The monoisotopic (exact) mass is 408 g/mol. The first-order chi connectivity index (χ1) is 14.0. The second-order valence-electron chi connectivity index (χ2n) is 6.39. The molecule has 9 heteroatoms. The van der Waals surface area contributed by atoms with Crippen LogP contribution in [0.1, 0.15) is 31.3 Å². The number of nitrogens with zero attached hydrogens (tertiary/aromatic N) is 3. The summed E-state index contributed by atoms with van der Waals surface area (Å²) in [7, 11) is 0. The maximum absolute atomic E-state index is 12.4. The van der Waals surface area contributed by atoms with E-state index in [4.69, 9.17) is 4.74 Å². The molecule has 0 radical (unpaired) electrons. The average Bonchev–Trinajstić information content (AvgIpc) is 3.26. The number of fused-ring (bicyclic) bond motifs is 1. The van der Waals surface area contributed by atoms with Crippen molar-refractivity contribution < 1.29 is 19.1 Å². The van der Waals surface area contributed by atoms with E-state index in [2.05, 4.69) is 15.5 Å². The third-order valence-electron chi connectivity index (χ3n) is 4.28. The number of nitrogens with one attached hydrogen (secondary N) is 1. The standard InChI is InChI=1S/C20H16N4O4S/c1-12-6-8-13(9-7-12)28-11-16(25)21-20-23-22-17(29-20)10-24-18(26)14-4-2-3-5-15(14)19(24)27/h2-9H,10-11H2,1H3,(H,21,23,25). The van der Waals surface area contributed by atoms with Crippen LogP contribution >= 0.6 is 11.3 Å². The quantitative estimate of drug-likeness (QED) is 0.629. The number of aromatic nitrogens is 2. The number of anilines is 1. The Labute approximate surface area is 170 Å². The minimum absolute atomic E-state index is 0.000248. The molecular formula is C20H16N4O4S. The van der Waals surface area contributed by atoms with Crippen molar-refractivity contribution in [3.05, 3.63) is 70.2 Å². The first-order valence-corrected chi connectivity index (χ1v) is 9.60. The molecule has 8 nitrogen and oxygen atoms in total. The van der Waals surface area contributed by atoms with E-state index in [0.717, 1.165) is 21.8 Å². The molecule has 3 aromatic rings. The van der Waals surface area contributed by atoms with Gasteiger partial charge in [-0.05, 0) is 31.2 Å². The zero-order chi connectivity index (χ0) is 20.4. The van der Waals surface area contributed by atoms with Crippen LogP contribution in [0.3, 0.4) is 0 Å². The second-order valence-corrected chi connectivity index (χ2v) is 7.45. The van der Waals surface area contributed by atoms with Crippen LogP contribution in [0, 0.1) is 6.92 Å². The van der Waals surface area contributed by atoms with E-state index in [1.165, 1.54) is 0 Å². The van der Waals surface area contributed by atoms with Gasteiger partial charge in [0.05, 0.1) is 17.7 Å². The SMILES string of the molecule is Cc1ccc(OCC(=O)Nc2nnc(CN3C(=O)c4ccccc4C3=O)s2)cc1. The first kappa shape index (κ1) is 18.8. The first-order valence-electron chi connectivity index (χ1n) is 8.78. The van der Waals surface area contributed by atoms with E-state index in [9.17, 15) is 14.4 Å².